The molecule has 5 nitrogen and oxygen atoms in total. The van der Waals surface area contributed by atoms with Gasteiger partial charge in [-0.3, -0.25) is 0 Å². The van der Waals surface area contributed by atoms with Gasteiger partial charge in [-0.1, -0.05) is 29.8 Å². The average Bonchev–Trinajstić information content (AvgIpc) is 2.89. The lowest BCUT2D eigenvalue weighted by atomic mass is 10.1. The van der Waals surface area contributed by atoms with E-state index in [1.165, 1.54) is 17.7 Å². The van der Waals surface area contributed by atoms with Crippen LogP contribution in [0.2, 0.25) is 0 Å². The Bertz CT molecular complexity index is 946. The number of rotatable bonds is 3. The van der Waals surface area contributed by atoms with Gasteiger partial charge in [0.05, 0.1) is 16.3 Å². The molecule has 0 unspecified atom stereocenters. The number of hydrogen-bond donors (Lipinski definition) is 1. The molecule has 1 heterocycles. The van der Waals surface area contributed by atoms with Gasteiger partial charge in [-0.05, 0) is 53.2 Å². The van der Waals surface area contributed by atoms with E-state index in [2.05, 4.69) is 21.0 Å². The number of nitrogens with two attached hydrogens (primary N) is 1. The topological polar surface area (TPSA) is 78.0 Å². The second-order valence-electron chi connectivity index (χ2n) is 5.17. The number of hydrogen-bond acceptors (Lipinski definition) is 3. The van der Waals surface area contributed by atoms with Crippen LogP contribution in [-0.2, 0) is 10.0 Å². The van der Waals surface area contributed by atoms with E-state index in [-0.39, 0.29) is 4.90 Å². The highest BCUT2D eigenvalue weighted by molar-refractivity contribution is 9.10. The Morgan fingerprint density at radius 2 is 1.65 bits per heavy atom. The highest BCUT2D eigenvalue weighted by Crippen LogP contribution is 2.26. The van der Waals surface area contributed by atoms with Crippen LogP contribution in [0.4, 0.5) is 0 Å². The van der Waals surface area contributed by atoms with Crippen LogP contribution in [0.1, 0.15) is 5.56 Å². The molecule has 2 aromatic carbocycles. The second kappa shape index (κ2) is 5.92. The smallest absolute Gasteiger partial charge is 0.232 e. The molecule has 0 aliphatic carbocycles. The Kier molecular flexibility index (Phi) is 4.09. The fourth-order valence-electron chi connectivity index (χ4n) is 2.26. The van der Waals surface area contributed by atoms with Gasteiger partial charge >= 0.3 is 0 Å². The molecular formula is C16H14BrN3O2S. The first-order valence-corrected chi connectivity index (χ1v) is 9.14. The van der Waals surface area contributed by atoms with Crippen molar-refractivity contribution in [2.24, 2.45) is 5.14 Å². The summed E-state index contributed by atoms with van der Waals surface area (Å²) in [5, 5.41) is 9.55. The van der Waals surface area contributed by atoms with E-state index >= 15 is 0 Å². The Hall–Kier alpha value is -1.96. The van der Waals surface area contributed by atoms with Crippen molar-refractivity contribution in [1.82, 2.24) is 9.78 Å². The van der Waals surface area contributed by atoms with E-state index in [9.17, 15) is 8.42 Å². The Morgan fingerprint density at radius 1 is 1.04 bits per heavy atom. The molecule has 0 amide bonds. The minimum absolute atomic E-state index is 0.0735. The van der Waals surface area contributed by atoms with Crippen molar-refractivity contribution in [2.45, 2.75) is 11.8 Å². The third-order valence-corrected chi connectivity index (χ3v) is 4.75. The van der Waals surface area contributed by atoms with E-state index in [0.29, 0.717) is 4.60 Å². The van der Waals surface area contributed by atoms with Gasteiger partial charge < -0.3 is 0 Å². The molecular weight excluding hydrogens is 378 g/mol. The maximum Gasteiger partial charge on any atom is 0.238 e. The summed E-state index contributed by atoms with van der Waals surface area (Å²) >= 11 is 3.39. The third-order valence-electron chi connectivity index (χ3n) is 3.44. The van der Waals surface area contributed by atoms with Gasteiger partial charge in [0.25, 0.3) is 0 Å². The van der Waals surface area contributed by atoms with E-state index in [1.807, 2.05) is 37.3 Å². The molecule has 0 radical (unpaired) electrons. The van der Waals surface area contributed by atoms with Crippen molar-refractivity contribution in [1.29, 1.82) is 0 Å². The summed E-state index contributed by atoms with van der Waals surface area (Å²) in [4.78, 5) is 0.0735. The van der Waals surface area contributed by atoms with Crippen molar-refractivity contribution in [3.05, 3.63) is 64.8 Å². The molecule has 0 bridgehead atoms. The molecule has 23 heavy (non-hydrogen) atoms. The maximum absolute atomic E-state index is 11.4. The van der Waals surface area contributed by atoms with Gasteiger partial charge in [-0.25, -0.2) is 18.2 Å². The van der Waals surface area contributed by atoms with E-state index in [4.69, 9.17) is 5.14 Å². The molecule has 118 valence electrons. The SMILES string of the molecule is Cc1ccc(-c2cc(Br)nn2-c2ccc(S(N)(=O)=O)cc2)cc1. The Balaban J connectivity index is 2.09. The van der Waals surface area contributed by atoms with Crippen LogP contribution in [0.5, 0.6) is 0 Å². The first-order valence-electron chi connectivity index (χ1n) is 6.80. The molecule has 2 N–H and O–H groups in total. The number of halogens is 1. The molecule has 0 spiro atoms. The molecule has 0 saturated heterocycles. The van der Waals surface area contributed by atoms with E-state index < -0.39 is 10.0 Å². The van der Waals surface area contributed by atoms with Gasteiger partial charge in [-0.2, -0.15) is 5.10 Å². The fraction of sp³-hybridized carbons (Fsp3) is 0.0625. The summed E-state index contributed by atoms with van der Waals surface area (Å²) in [5.41, 5.74) is 3.85. The first-order chi connectivity index (χ1) is 10.8. The number of nitrogens with zero attached hydrogens (tertiary/aromatic N) is 2. The van der Waals surface area contributed by atoms with E-state index in [0.717, 1.165) is 16.9 Å². The quantitative estimate of drug-likeness (QED) is 0.743. The maximum atomic E-state index is 11.4. The molecule has 3 aromatic rings. The molecule has 0 aliphatic rings. The molecule has 0 atom stereocenters. The lowest BCUT2D eigenvalue weighted by Crippen LogP contribution is -2.12. The normalized spacial score (nSPS) is 11.6. The number of aryl methyl sites for hydroxylation is 1. The van der Waals surface area contributed by atoms with Gasteiger partial charge in [0.2, 0.25) is 10.0 Å². The molecule has 3 rings (SSSR count). The predicted molar refractivity (Wildman–Crippen MR) is 92.8 cm³/mol. The van der Waals surface area contributed by atoms with Crippen LogP contribution < -0.4 is 5.14 Å². The number of sulfonamides is 1. The van der Waals surface area contributed by atoms with Crippen molar-refractivity contribution in [3.8, 4) is 16.9 Å². The fourth-order valence-corrected chi connectivity index (χ4v) is 3.15. The first kappa shape index (κ1) is 15.9. The summed E-state index contributed by atoms with van der Waals surface area (Å²) in [6.45, 7) is 2.03. The van der Waals surface area contributed by atoms with Crippen molar-refractivity contribution < 1.29 is 8.42 Å². The average molecular weight is 392 g/mol. The predicted octanol–water partition coefficient (Wildman–Crippen LogP) is 3.26. The number of benzene rings is 2. The van der Waals surface area contributed by atoms with Crippen LogP contribution in [0, 0.1) is 6.92 Å². The molecule has 1 aromatic heterocycles. The summed E-state index contributed by atoms with van der Waals surface area (Å²) in [6, 6.07) is 16.3. The Morgan fingerprint density at radius 3 is 2.22 bits per heavy atom. The van der Waals surface area contributed by atoms with Gasteiger partial charge in [0, 0.05) is 5.56 Å². The lowest BCUT2D eigenvalue weighted by molar-refractivity contribution is 0.598. The summed E-state index contributed by atoms with van der Waals surface area (Å²) in [7, 11) is -3.70. The number of primary sulfonamides is 1. The van der Waals surface area contributed by atoms with Crippen LogP contribution in [0.15, 0.2) is 64.1 Å². The molecule has 0 fully saturated rings. The van der Waals surface area contributed by atoms with E-state index in [1.54, 1.807) is 16.8 Å². The van der Waals surface area contributed by atoms with Crippen molar-refractivity contribution >= 4 is 26.0 Å². The zero-order valence-electron chi connectivity index (χ0n) is 12.3. The lowest BCUT2D eigenvalue weighted by Gasteiger charge is -2.08. The number of aromatic nitrogens is 2. The minimum atomic E-state index is -3.70. The minimum Gasteiger partial charge on any atom is -0.232 e. The van der Waals surface area contributed by atoms with Gasteiger partial charge in [0.15, 0.2) is 0 Å². The van der Waals surface area contributed by atoms with Crippen LogP contribution in [0.25, 0.3) is 16.9 Å². The standard InChI is InChI=1S/C16H14BrN3O2S/c1-11-2-4-12(5-3-11)15-10-16(17)19-20(15)13-6-8-14(9-7-13)23(18,21)22/h2-10H,1H3,(H2,18,21,22). The Labute approximate surface area is 142 Å². The van der Waals surface area contributed by atoms with Crippen LogP contribution in [0.3, 0.4) is 0 Å². The van der Waals surface area contributed by atoms with Crippen LogP contribution >= 0.6 is 15.9 Å². The summed E-state index contributed by atoms with van der Waals surface area (Å²) < 4.78 is 25.2. The zero-order valence-corrected chi connectivity index (χ0v) is 14.7. The van der Waals surface area contributed by atoms with Crippen molar-refractivity contribution in [2.75, 3.05) is 0 Å². The van der Waals surface area contributed by atoms with Crippen LogP contribution in [-0.4, -0.2) is 18.2 Å². The second-order valence-corrected chi connectivity index (χ2v) is 7.54. The molecule has 0 aliphatic heterocycles. The summed E-state index contributed by atoms with van der Waals surface area (Å²) in [6.07, 6.45) is 0. The zero-order chi connectivity index (χ0) is 16.6. The largest absolute Gasteiger partial charge is 0.238 e. The van der Waals surface area contributed by atoms with Gasteiger partial charge in [0.1, 0.15) is 4.60 Å². The molecule has 7 heteroatoms. The van der Waals surface area contributed by atoms with Crippen molar-refractivity contribution in [3.63, 3.8) is 0 Å². The van der Waals surface area contributed by atoms with Gasteiger partial charge in [-0.15, -0.1) is 0 Å². The summed E-state index contributed by atoms with van der Waals surface area (Å²) in [5.74, 6) is 0. The molecule has 0 saturated carbocycles. The highest BCUT2D eigenvalue weighted by Gasteiger charge is 2.12. The monoisotopic (exact) mass is 391 g/mol. The third kappa shape index (κ3) is 3.36. The highest BCUT2D eigenvalue weighted by atomic mass is 79.9.